The Kier molecular flexibility index (Phi) is 5.54. The predicted molar refractivity (Wildman–Crippen MR) is 113 cm³/mol. The molecule has 1 aliphatic carbocycles. The van der Waals surface area contributed by atoms with Crippen LogP contribution in [-0.2, 0) is 16.4 Å². The first-order valence-corrected chi connectivity index (χ1v) is 12.3. The van der Waals surface area contributed by atoms with E-state index in [0.717, 1.165) is 18.7 Å². The van der Waals surface area contributed by atoms with Crippen molar-refractivity contribution in [3.05, 3.63) is 57.8 Å². The summed E-state index contributed by atoms with van der Waals surface area (Å²) in [4.78, 5) is 8.76. The highest BCUT2D eigenvalue weighted by Crippen LogP contribution is 2.39. The number of oxazole rings is 1. The van der Waals surface area contributed by atoms with Crippen LogP contribution in [0.15, 0.2) is 38.2 Å². The minimum atomic E-state index is -3.78. The smallest absolute Gasteiger partial charge is 0.246 e. The topological polar surface area (TPSA) is 102 Å². The molecule has 0 N–H and O–H groups in total. The minimum absolute atomic E-state index is 0.00818. The van der Waals surface area contributed by atoms with Crippen molar-refractivity contribution in [2.24, 2.45) is 0 Å². The van der Waals surface area contributed by atoms with Crippen molar-refractivity contribution >= 4 is 33.2 Å². The Morgan fingerprint density at radius 2 is 1.71 bits per heavy atom. The second-order valence-corrected chi connectivity index (χ2v) is 10.6. The van der Waals surface area contributed by atoms with Gasteiger partial charge in [0.05, 0.1) is 22.7 Å². The van der Waals surface area contributed by atoms with Crippen molar-refractivity contribution in [3.63, 3.8) is 0 Å². The Hall–Kier alpha value is -1.94. The monoisotopic (exact) mass is 482 g/mol. The molecule has 3 heterocycles. The fourth-order valence-corrected chi connectivity index (χ4v) is 6.35. The summed E-state index contributed by atoms with van der Waals surface area (Å²) in [5.74, 6) is 3.00. The van der Waals surface area contributed by atoms with Crippen molar-refractivity contribution < 1.29 is 17.4 Å². The fourth-order valence-electron chi connectivity index (χ4n) is 3.79. The Morgan fingerprint density at radius 1 is 1.03 bits per heavy atom. The van der Waals surface area contributed by atoms with Gasteiger partial charge in [0.2, 0.25) is 15.9 Å². The molecule has 1 saturated carbocycles. The van der Waals surface area contributed by atoms with Crippen molar-refractivity contribution in [1.29, 1.82) is 0 Å². The molecule has 0 unspecified atom stereocenters. The highest BCUT2D eigenvalue weighted by molar-refractivity contribution is 7.89. The third-order valence-corrected chi connectivity index (χ3v) is 8.49. The number of halogens is 2. The summed E-state index contributed by atoms with van der Waals surface area (Å²) in [6, 6.07) is 4.67. The lowest BCUT2D eigenvalue weighted by Crippen LogP contribution is -2.38. The largest absolute Gasteiger partial charge is 0.445 e. The Balaban J connectivity index is 1.23. The summed E-state index contributed by atoms with van der Waals surface area (Å²) in [6.45, 7) is 0.637. The van der Waals surface area contributed by atoms with Crippen LogP contribution in [0.4, 0.5) is 0 Å². The van der Waals surface area contributed by atoms with E-state index in [1.807, 2.05) is 0 Å². The predicted octanol–water partition coefficient (Wildman–Crippen LogP) is 4.40. The van der Waals surface area contributed by atoms with Crippen molar-refractivity contribution in [2.45, 2.75) is 48.8 Å². The van der Waals surface area contributed by atoms with Crippen LogP contribution in [-0.4, -0.2) is 40.9 Å². The van der Waals surface area contributed by atoms with Crippen molar-refractivity contribution in [2.75, 3.05) is 13.1 Å². The zero-order valence-corrected chi connectivity index (χ0v) is 18.8. The van der Waals surface area contributed by atoms with Crippen LogP contribution in [0, 0.1) is 0 Å². The zero-order valence-electron chi connectivity index (χ0n) is 16.5. The second-order valence-electron chi connectivity index (χ2n) is 7.89. The van der Waals surface area contributed by atoms with E-state index in [1.54, 1.807) is 12.3 Å². The number of hydrogen-bond donors (Lipinski definition) is 0. The summed E-state index contributed by atoms with van der Waals surface area (Å²) in [5, 5.41) is 4.29. The van der Waals surface area contributed by atoms with Gasteiger partial charge in [0, 0.05) is 24.9 Å². The fraction of sp³-hybridized carbons (Fsp3) is 0.450. The molecular formula is C20H20Cl2N4O4S. The van der Waals surface area contributed by atoms with Gasteiger partial charge < -0.3 is 8.94 Å². The van der Waals surface area contributed by atoms with Crippen LogP contribution >= 0.6 is 23.2 Å². The molecule has 2 aromatic heterocycles. The number of aromatic nitrogens is 3. The molecule has 2 fully saturated rings. The molecule has 8 nitrogen and oxygen atoms in total. The summed E-state index contributed by atoms with van der Waals surface area (Å²) >= 11 is 12.2. The summed E-state index contributed by atoms with van der Waals surface area (Å²) in [6.07, 6.45) is 5.52. The van der Waals surface area contributed by atoms with Gasteiger partial charge in [-0.2, -0.15) is 9.29 Å². The first kappa shape index (κ1) is 20.9. The minimum Gasteiger partial charge on any atom is -0.445 e. The first-order valence-electron chi connectivity index (χ1n) is 10.1. The number of rotatable bonds is 6. The summed E-state index contributed by atoms with van der Waals surface area (Å²) in [7, 11) is -3.78. The van der Waals surface area contributed by atoms with E-state index in [1.165, 1.54) is 16.4 Å². The van der Waals surface area contributed by atoms with Crippen molar-refractivity contribution in [1.82, 2.24) is 19.4 Å². The average Bonchev–Trinajstić information content (AvgIpc) is 3.31. The molecule has 0 spiro atoms. The van der Waals surface area contributed by atoms with Gasteiger partial charge in [-0.3, -0.25) is 0 Å². The molecule has 0 amide bonds. The third-order valence-electron chi connectivity index (χ3n) is 5.63. The molecular weight excluding hydrogens is 463 g/mol. The molecule has 0 atom stereocenters. The molecule has 0 bridgehead atoms. The quantitative estimate of drug-likeness (QED) is 0.512. The molecule has 31 heavy (non-hydrogen) atoms. The Bertz CT molecular complexity index is 1180. The lowest BCUT2D eigenvalue weighted by Gasteiger charge is -2.30. The number of benzene rings is 1. The maximum Gasteiger partial charge on any atom is 0.246 e. The van der Waals surface area contributed by atoms with E-state index >= 15 is 0 Å². The van der Waals surface area contributed by atoms with E-state index < -0.39 is 10.0 Å². The number of hydrogen-bond acceptors (Lipinski definition) is 7. The lowest BCUT2D eigenvalue weighted by atomic mass is 9.98. The lowest BCUT2D eigenvalue weighted by molar-refractivity contribution is 0.270. The highest BCUT2D eigenvalue weighted by Gasteiger charge is 2.34. The summed E-state index contributed by atoms with van der Waals surface area (Å²) < 4.78 is 38.7. The van der Waals surface area contributed by atoms with Crippen LogP contribution in [0.25, 0.3) is 0 Å². The molecule has 1 saturated heterocycles. The highest BCUT2D eigenvalue weighted by atomic mass is 35.5. The van der Waals surface area contributed by atoms with Gasteiger partial charge in [0.15, 0.2) is 11.7 Å². The van der Waals surface area contributed by atoms with Crippen LogP contribution in [0.3, 0.4) is 0 Å². The maximum absolute atomic E-state index is 13.0. The van der Waals surface area contributed by atoms with E-state index in [-0.39, 0.29) is 20.9 Å². The molecule has 3 aromatic rings. The molecule has 1 aromatic carbocycles. The van der Waals surface area contributed by atoms with Gasteiger partial charge >= 0.3 is 0 Å². The molecule has 0 radical (unpaired) electrons. The normalized spacial score (nSPS) is 18.5. The maximum atomic E-state index is 13.0. The number of sulfonamides is 1. The summed E-state index contributed by atoms with van der Waals surface area (Å²) in [5.41, 5.74) is 0. The standard InChI is InChI=1S/C20H20Cl2N4O4S/c21-15-2-1-3-16(22)18(15)31(27,28)26-8-6-13(7-9-26)20-24-17(25-30-20)10-14-11-23-19(29-14)12-4-5-12/h1-3,11-13H,4-10H2. The van der Waals surface area contributed by atoms with Gasteiger partial charge in [-0.25, -0.2) is 13.4 Å². The molecule has 5 rings (SSSR count). The van der Waals surface area contributed by atoms with Gasteiger partial charge in [-0.15, -0.1) is 0 Å². The second kappa shape index (κ2) is 8.20. The SMILES string of the molecule is O=S(=O)(c1c(Cl)cccc1Cl)N1CCC(c2nc(Cc3cnc(C4CC4)o3)no2)CC1. The van der Waals surface area contributed by atoms with Crippen LogP contribution in [0.2, 0.25) is 10.0 Å². The van der Waals surface area contributed by atoms with E-state index in [0.29, 0.717) is 55.7 Å². The van der Waals surface area contributed by atoms with E-state index in [4.69, 9.17) is 32.1 Å². The zero-order chi connectivity index (χ0) is 21.6. The van der Waals surface area contributed by atoms with Crippen LogP contribution in [0.5, 0.6) is 0 Å². The van der Waals surface area contributed by atoms with Crippen LogP contribution in [0.1, 0.15) is 60.9 Å². The number of piperidine rings is 1. The molecule has 164 valence electrons. The Morgan fingerprint density at radius 3 is 2.39 bits per heavy atom. The van der Waals surface area contributed by atoms with E-state index in [2.05, 4.69) is 15.1 Å². The van der Waals surface area contributed by atoms with Gasteiger partial charge in [0.25, 0.3) is 0 Å². The Labute approximate surface area is 189 Å². The molecule has 11 heteroatoms. The van der Waals surface area contributed by atoms with Crippen molar-refractivity contribution in [3.8, 4) is 0 Å². The number of nitrogens with zero attached hydrogens (tertiary/aromatic N) is 4. The third kappa shape index (κ3) is 4.24. The molecule has 2 aliphatic rings. The average molecular weight is 483 g/mol. The van der Waals surface area contributed by atoms with Gasteiger partial charge in [-0.05, 0) is 37.8 Å². The van der Waals surface area contributed by atoms with E-state index in [9.17, 15) is 8.42 Å². The first-order chi connectivity index (χ1) is 14.9. The molecule has 1 aliphatic heterocycles. The van der Waals surface area contributed by atoms with Crippen LogP contribution < -0.4 is 0 Å². The van der Waals surface area contributed by atoms with Gasteiger partial charge in [-0.1, -0.05) is 34.4 Å². The van der Waals surface area contributed by atoms with Gasteiger partial charge in [0.1, 0.15) is 10.7 Å².